The molecule has 0 aliphatic carbocycles. The van der Waals surface area contributed by atoms with Crippen molar-refractivity contribution in [3.8, 4) is 0 Å². The molecule has 0 radical (unpaired) electrons. The van der Waals surface area contributed by atoms with Gasteiger partial charge in [-0.1, -0.05) is 25.5 Å². The second-order valence-corrected chi connectivity index (χ2v) is 2.21. The van der Waals surface area contributed by atoms with Crippen molar-refractivity contribution in [2.75, 3.05) is 13.1 Å². The van der Waals surface area contributed by atoms with Crippen LogP contribution in [0.4, 0.5) is 0 Å². The molecule has 0 saturated heterocycles. The van der Waals surface area contributed by atoms with Crippen LogP contribution in [0.3, 0.4) is 0 Å². The Labute approximate surface area is 58.2 Å². The molecule has 0 atom stereocenters. The molecule has 0 unspecified atom stereocenters. The van der Waals surface area contributed by atoms with Gasteiger partial charge in [0.15, 0.2) is 0 Å². The van der Waals surface area contributed by atoms with Gasteiger partial charge in [0, 0.05) is 6.54 Å². The molecule has 54 valence electrons. The molecule has 0 fully saturated rings. The molecule has 0 aliphatic rings. The van der Waals surface area contributed by atoms with Crippen molar-refractivity contribution in [3.63, 3.8) is 0 Å². The summed E-state index contributed by atoms with van der Waals surface area (Å²) in [6.07, 6.45) is 3.41. The standard InChI is InChI=1S/C8H17N/c1-4-8(3)6-7-9-5-2/h6,9H,4-5,7H2,1-3H3. The quantitative estimate of drug-likeness (QED) is 0.449. The van der Waals surface area contributed by atoms with Crippen molar-refractivity contribution < 1.29 is 0 Å². The lowest BCUT2D eigenvalue weighted by atomic mass is 10.2. The number of hydrogen-bond acceptors (Lipinski definition) is 1. The van der Waals surface area contributed by atoms with Crippen molar-refractivity contribution in [2.45, 2.75) is 27.2 Å². The highest BCUT2D eigenvalue weighted by Crippen LogP contribution is 1.94. The average Bonchev–Trinajstić information content (AvgIpc) is 1.89. The minimum atomic E-state index is 1.02. The Morgan fingerprint density at radius 2 is 2.11 bits per heavy atom. The van der Waals surface area contributed by atoms with Crippen molar-refractivity contribution in [1.29, 1.82) is 0 Å². The van der Waals surface area contributed by atoms with Crippen LogP contribution < -0.4 is 5.32 Å². The normalized spacial score (nSPS) is 12.1. The van der Waals surface area contributed by atoms with Crippen molar-refractivity contribution >= 4 is 0 Å². The van der Waals surface area contributed by atoms with Gasteiger partial charge < -0.3 is 5.32 Å². The summed E-state index contributed by atoms with van der Waals surface area (Å²) in [5.74, 6) is 0. The number of likely N-dealkylation sites (N-methyl/N-ethyl adjacent to an activating group) is 1. The Morgan fingerprint density at radius 1 is 1.44 bits per heavy atom. The van der Waals surface area contributed by atoms with Gasteiger partial charge >= 0.3 is 0 Å². The van der Waals surface area contributed by atoms with Gasteiger partial charge in [0.25, 0.3) is 0 Å². The molecule has 0 heterocycles. The summed E-state index contributed by atoms with van der Waals surface area (Å²) >= 11 is 0. The molecule has 0 saturated carbocycles. The predicted octanol–water partition coefficient (Wildman–Crippen LogP) is 1.95. The second kappa shape index (κ2) is 5.83. The van der Waals surface area contributed by atoms with E-state index >= 15 is 0 Å². The van der Waals surface area contributed by atoms with Crippen LogP contribution in [0.25, 0.3) is 0 Å². The molecule has 0 aromatic carbocycles. The number of allylic oxidation sites excluding steroid dienone is 1. The Balaban J connectivity index is 3.21. The van der Waals surface area contributed by atoms with Crippen LogP contribution in [0.2, 0.25) is 0 Å². The molecular weight excluding hydrogens is 110 g/mol. The first kappa shape index (κ1) is 8.70. The maximum absolute atomic E-state index is 3.24. The maximum Gasteiger partial charge on any atom is 0.0137 e. The highest BCUT2D eigenvalue weighted by Gasteiger charge is 1.80. The van der Waals surface area contributed by atoms with Crippen LogP contribution in [-0.4, -0.2) is 13.1 Å². The summed E-state index contributed by atoms with van der Waals surface area (Å²) in [6.45, 7) is 8.55. The van der Waals surface area contributed by atoms with Gasteiger partial charge in [-0.15, -0.1) is 0 Å². The summed E-state index contributed by atoms with van der Waals surface area (Å²) in [5, 5.41) is 3.24. The van der Waals surface area contributed by atoms with E-state index in [1.807, 2.05) is 0 Å². The summed E-state index contributed by atoms with van der Waals surface area (Å²) in [7, 11) is 0. The lowest BCUT2D eigenvalue weighted by Gasteiger charge is -1.96. The van der Waals surface area contributed by atoms with Gasteiger partial charge in [0.1, 0.15) is 0 Å². The highest BCUT2D eigenvalue weighted by molar-refractivity contribution is 4.97. The topological polar surface area (TPSA) is 12.0 Å². The molecule has 1 nitrogen and oxygen atoms in total. The van der Waals surface area contributed by atoms with Gasteiger partial charge in [-0.3, -0.25) is 0 Å². The number of rotatable bonds is 4. The lowest BCUT2D eigenvalue weighted by Crippen LogP contribution is -2.11. The van der Waals surface area contributed by atoms with E-state index in [-0.39, 0.29) is 0 Å². The highest BCUT2D eigenvalue weighted by atomic mass is 14.8. The van der Waals surface area contributed by atoms with Gasteiger partial charge in [0.05, 0.1) is 0 Å². The zero-order valence-corrected chi connectivity index (χ0v) is 6.70. The second-order valence-electron chi connectivity index (χ2n) is 2.21. The van der Waals surface area contributed by atoms with E-state index in [0.717, 1.165) is 13.1 Å². The molecule has 0 rings (SSSR count). The van der Waals surface area contributed by atoms with Crippen LogP contribution in [0.1, 0.15) is 27.2 Å². The van der Waals surface area contributed by atoms with Crippen LogP contribution in [0.15, 0.2) is 11.6 Å². The van der Waals surface area contributed by atoms with Crippen LogP contribution in [0.5, 0.6) is 0 Å². The van der Waals surface area contributed by atoms with E-state index in [9.17, 15) is 0 Å². The van der Waals surface area contributed by atoms with Crippen LogP contribution >= 0.6 is 0 Å². The van der Waals surface area contributed by atoms with Crippen molar-refractivity contribution in [3.05, 3.63) is 11.6 Å². The Bertz CT molecular complexity index is 84.6. The molecule has 0 aromatic rings. The minimum Gasteiger partial charge on any atom is -0.314 e. The summed E-state index contributed by atoms with van der Waals surface area (Å²) in [4.78, 5) is 0. The van der Waals surface area contributed by atoms with Crippen LogP contribution in [-0.2, 0) is 0 Å². The largest absolute Gasteiger partial charge is 0.314 e. The van der Waals surface area contributed by atoms with Crippen molar-refractivity contribution in [1.82, 2.24) is 5.32 Å². The summed E-state index contributed by atoms with van der Waals surface area (Å²) in [5.41, 5.74) is 1.47. The van der Waals surface area contributed by atoms with E-state index in [1.165, 1.54) is 12.0 Å². The summed E-state index contributed by atoms with van der Waals surface area (Å²) < 4.78 is 0. The molecular formula is C8H17N. The number of hydrogen-bond donors (Lipinski definition) is 1. The van der Waals surface area contributed by atoms with Gasteiger partial charge in [0.2, 0.25) is 0 Å². The fourth-order valence-electron chi connectivity index (χ4n) is 0.535. The third kappa shape index (κ3) is 5.57. The predicted molar refractivity (Wildman–Crippen MR) is 42.6 cm³/mol. The first-order chi connectivity index (χ1) is 4.31. The van der Waals surface area contributed by atoms with Gasteiger partial charge in [-0.05, 0) is 19.9 Å². The molecule has 0 spiro atoms. The molecule has 1 heteroatoms. The molecule has 1 N–H and O–H groups in total. The first-order valence-electron chi connectivity index (χ1n) is 3.67. The van der Waals surface area contributed by atoms with Gasteiger partial charge in [-0.25, -0.2) is 0 Å². The average molecular weight is 127 g/mol. The zero-order chi connectivity index (χ0) is 7.11. The fourth-order valence-corrected chi connectivity index (χ4v) is 0.535. The minimum absolute atomic E-state index is 1.02. The molecule has 0 bridgehead atoms. The molecule has 9 heavy (non-hydrogen) atoms. The van der Waals surface area contributed by atoms with Gasteiger partial charge in [-0.2, -0.15) is 0 Å². The lowest BCUT2D eigenvalue weighted by molar-refractivity contribution is 0.793. The third-order valence-corrected chi connectivity index (χ3v) is 1.40. The van der Waals surface area contributed by atoms with E-state index in [2.05, 4.69) is 32.2 Å². The maximum atomic E-state index is 3.24. The third-order valence-electron chi connectivity index (χ3n) is 1.40. The Hall–Kier alpha value is -0.300. The van der Waals surface area contributed by atoms with E-state index in [1.54, 1.807) is 0 Å². The summed E-state index contributed by atoms with van der Waals surface area (Å²) in [6, 6.07) is 0. The molecule has 0 amide bonds. The van der Waals surface area contributed by atoms with Crippen LogP contribution in [0, 0.1) is 0 Å². The van der Waals surface area contributed by atoms with E-state index in [0.29, 0.717) is 0 Å². The SMILES string of the molecule is CCNCC=C(C)CC. The smallest absolute Gasteiger partial charge is 0.0137 e. The zero-order valence-electron chi connectivity index (χ0n) is 6.70. The first-order valence-corrected chi connectivity index (χ1v) is 3.67. The molecule has 0 aromatic heterocycles. The Morgan fingerprint density at radius 3 is 2.56 bits per heavy atom. The van der Waals surface area contributed by atoms with E-state index < -0.39 is 0 Å². The monoisotopic (exact) mass is 127 g/mol. The fraction of sp³-hybridized carbons (Fsp3) is 0.750. The van der Waals surface area contributed by atoms with Crippen molar-refractivity contribution in [2.24, 2.45) is 0 Å². The molecule has 0 aliphatic heterocycles. The Kier molecular flexibility index (Phi) is 5.64. The van der Waals surface area contributed by atoms with E-state index in [4.69, 9.17) is 0 Å². The number of nitrogens with one attached hydrogen (secondary N) is 1.